The number of nitrogens with two attached hydrogens (primary N) is 1. The first-order chi connectivity index (χ1) is 15.0. The van der Waals surface area contributed by atoms with Gasteiger partial charge in [0.05, 0.1) is 25.5 Å². The fourth-order valence-corrected chi connectivity index (χ4v) is 2.82. The van der Waals surface area contributed by atoms with Crippen molar-refractivity contribution in [3.05, 3.63) is 39.4 Å². The van der Waals surface area contributed by atoms with Crippen LogP contribution in [0.3, 0.4) is 0 Å². The zero-order valence-electron chi connectivity index (χ0n) is 15.9. The van der Waals surface area contributed by atoms with E-state index in [1.54, 1.807) is 0 Å². The largest absolute Gasteiger partial charge is 0.433 e. The third kappa shape index (κ3) is 4.38. The summed E-state index contributed by atoms with van der Waals surface area (Å²) in [6.45, 7) is 2.78. The number of carbonyl (C=O) groups excluding carboxylic acids is 1. The molecule has 1 aliphatic rings. The molecule has 16 nitrogen and oxygen atoms in total. The second kappa shape index (κ2) is 8.67. The number of ether oxygens (including phenoxy) is 1. The van der Waals surface area contributed by atoms with Crippen LogP contribution in [-0.4, -0.2) is 73.6 Å². The van der Waals surface area contributed by atoms with Crippen molar-refractivity contribution in [2.75, 3.05) is 32.0 Å². The maximum Gasteiger partial charge on any atom is 0.433 e. The Hall–Kier alpha value is -4.18. The zero-order valence-corrected chi connectivity index (χ0v) is 15.9. The number of nitrogen functional groups attached to an aromatic ring is 1. The molecule has 0 bridgehead atoms. The van der Waals surface area contributed by atoms with Crippen LogP contribution in [0.15, 0.2) is 26.3 Å². The van der Waals surface area contributed by atoms with Crippen LogP contribution in [0.25, 0.3) is 5.82 Å². The second-order valence-electron chi connectivity index (χ2n) is 6.29. The highest BCUT2D eigenvalue weighted by atomic mass is 16.6. The number of morpholine rings is 1. The topological polar surface area (TPSA) is 206 Å². The lowest BCUT2D eigenvalue weighted by molar-refractivity contribution is -0.402. The average molecular weight is 432 g/mol. The molecular weight excluding hydrogens is 416 g/mol. The Kier molecular flexibility index (Phi) is 5.63. The highest BCUT2D eigenvalue weighted by Gasteiger charge is 2.26. The Bertz CT molecular complexity index is 1110. The third-order valence-corrected chi connectivity index (χ3v) is 4.28. The molecule has 0 aliphatic carbocycles. The number of nitro groups is 1. The van der Waals surface area contributed by atoms with Gasteiger partial charge in [-0.05, 0) is 16.4 Å². The molecule has 1 aliphatic heterocycles. The van der Waals surface area contributed by atoms with Gasteiger partial charge in [0.2, 0.25) is 11.6 Å². The molecule has 3 aromatic heterocycles. The molecule has 1 amide bonds. The first-order valence-electron chi connectivity index (χ1n) is 8.93. The van der Waals surface area contributed by atoms with E-state index in [9.17, 15) is 14.9 Å². The molecule has 0 spiro atoms. The number of hydrogen-bond acceptors (Lipinski definition) is 13. The average Bonchev–Trinajstić information content (AvgIpc) is 3.48. The summed E-state index contributed by atoms with van der Waals surface area (Å²) >= 11 is 0. The quantitative estimate of drug-likeness (QED) is 0.271. The van der Waals surface area contributed by atoms with E-state index in [0.717, 1.165) is 10.9 Å². The Morgan fingerprint density at radius 1 is 1.35 bits per heavy atom. The lowest BCUT2D eigenvalue weighted by Gasteiger charge is -2.25. The van der Waals surface area contributed by atoms with Crippen molar-refractivity contribution in [1.82, 2.24) is 35.6 Å². The molecule has 3 N–H and O–H groups in total. The molecule has 3 aromatic rings. The molecule has 16 heteroatoms. The van der Waals surface area contributed by atoms with Crippen LogP contribution in [0.2, 0.25) is 0 Å². The summed E-state index contributed by atoms with van der Waals surface area (Å²) in [5.41, 5.74) is 8.41. The molecule has 0 atom stereocenters. The lowest BCUT2D eigenvalue weighted by Crippen LogP contribution is -2.36. The number of amides is 1. The Labute approximate surface area is 172 Å². The highest BCUT2D eigenvalue weighted by molar-refractivity contribution is 5.94. The van der Waals surface area contributed by atoms with Gasteiger partial charge in [-0.2, -0.15) is 9.78 Å². The van der Waals surface area contributed by atoms with Crippen LogP contribution in [0.5, 0.6) is 0 Å². The molecule has 0 radical (unpaired) electrons. The number of hydrogen-bond donors (Lipinski definition) is 2. The Morgan fingerprint density at radius 2 is 2.16 bits per heavy atom. The minimum Gasteiger partial charge on any atom is -0.400 e. The number of nitrogens with zero attached hydrogens (tertiary/aromatic N) is 8. The summed E-state index contributed by atoms with van der Waals surface area (Å²) in [7, 11) is 0. The summed E-state index contributed by atoms with van der Waals surface area (Å²) < 4.78 is 16.0. The summed E-state index contributed by atoms with van der Waals surface area (Å²) in [5.74, 6) is -1.12. The minimum atomic E-state index is -0.686. The number of aromatic nitrogens is 5. The van der Waals surface area contributed by atoms with Gasteiger partial charge < -0.3 is 14.9 Å². The zero-order chi connectivity index (χ0) is 21.8. The van der Waals surface area contributed by atoms with Gasteiger partial charge in [-0.25, -0.2) is 10.1 Å². The lowest BCUT2D eigenvalue weighted by atomic mass is 10.2. The molecule has 1 saturated heterocycles. The summed E-state index contributed by atoms with van der Waals surface area (Å²) in [4.78, 5) is 24.9. The number of rotatable bonds is 7. The van der Waals surface area contributed by atoms with E-state index in [1.807, 2.05) is 4.90 Å². The van der Waals surface area contributed by atoms with Crippen molar-refractivity contribution >= 4 is 23.8 Å². The normalized spacial score (nSPS) is 14.8. The number of furan rings is 1. The molecular formula is C15H16N10O6. The monoisotopic (exact) mass is 432 g/mol. The molecule has 162 valence electrons. The molecule has 1 fully saturated rings. The van der Waals surface area contributed by atoms with Crippen molar-refractivity contribution in [3.63, 3.8) is 0 Å². The van der Waals surface area contributed by atoms with Gasteiger partial charge in [0.1, 0.15) is 10.6 Å². The van der Waals surface area contributed by atoms with Gasteiger partial charge in [0, 0.05) is 19.6 Å². The van der Waals surface area contributed by atoms with Crippen LogP contribution < -0.4 is 11.2 Å². The standard InChI is InChI=1S/C15H16N10O6/c16-13-14(21-31-20-13)24-12(10(18-22-24)8-23-3-5-29-6-4-23)15(26)19-17-7-9-1-2-11(30-9)25(27)28/h1-2,7H,3-6,8H2,(H2,16,20)(H,19,26). The molecule has 31 heavy (non-hydrogen) atoms. The van der Waals surface area contributed by atoms with Crippen LogP contribution in [-0.2, 0) is 11.3 Å². The Balaban J connectivity index is 1.56. The summed E-state index contributed by atoms with van der Waals surface area (Å²) in [6, 6.07) is 2.51. The van der Waals surface area contributed by atoms with Gasteiger partial charge in [-0.3, -0.25) is 19.8 Å². The smallest absolute Gasteiger partial charge is 0.400 e. The maximum atomic E-state index is 12.9. The SMILES string of the molecule is Nc1nonc1-n1nnc(CN2CCOCC2)c1C(=O)NN=Cc1ccc([N+](=O)[O-])o1. The van der Waals surface area contributed by atoms with Crippen molar-refractivity contribution in [1.29, 1.82) is 0 Å². The van der Waals surface area contributed by atoms with Crippen LogP contribution in [0.4, 0.5) is 11.7 Å². The number of nitrogens with one attached hydrogen (secondary N) is 1. The first-order valence-corrected chi connectivity index (χ1v) is 8.93. The first kappa shape index (κ1) is 20.1. The van der Waals surface area contributed by atoms with Gasteiger partial charge in [0.25, 0.3) is 5.91 Å². The second-order valence-corrected chi connectivity index (χ2v) is 6.29. The van der Waals surface area contributed by atoms with Crippen LogP contribution >= 0.6 is 0 Å². The van der Waals surface area contributed by atoms with E-state index in [1.165, 1.54) is 12.1 Å². The van der Waals surface area contributed by atoms with Crippen molar-refractivity contribution in [3.8, 4) is 5.82 Å². The highest BCUT2D eigenvalue weighted by Crippen LogP contribution is 2.18. The molecule has 0 unspecified atom stereocenters. The predicted octanol–water partition coefficient (Wildman–Crippen LogP) is -0.670. The van der Waals surface area contributed by atoms with Crippen molar-refractivity contribution in [2.24, 2.45) is 5.10 Å². The fraction of sp³-hybridized carbons (Fsp3) is 0.333. The molecule has 4 heterocycles. The van der Waals surface area contributed by atoms with E-state index in [2.05, 4.69) is 35.8 Å². The fourth-order valence-electron chi connectivity index (χ4n) is 2.82. The van der Waals surface area contributed by atoms with Crippen LogP contribution in [0, 0.1) is 10.1 Å². The third-order valence-electron chi connectivity index (χ3n) is 4.28. The van der Waals surface area contributed by atoms with Crippen molar-refractivity contribution in [2.45, 2.75) is 6.54 Å². The number of carbonyl (C=O) groups is 1. The van der Waals surface area contributed by atoms with E-state index >= 15 is 0 Å². The van der Waals surface area contributed by atoms with Gasteiger partial charge in [-0.1, -0.05) is 5.21 Å². The minimum absolute atomic E-state index is 0.00323. The summed E-state index contributed by atoms with van der Waals surface area (Å²) in [6.07, 6.45) is 1.12. The maximum absolute atomic E-state index is 12.9. The van der Waals surface area contributed by atoms with E-state index in [4.69, 9.17) is 14.9 Å². The molecule has 4 rings (SSSR count). The van der Waals surface area contributed by atoms with Gasteiger partial charge in [-0.15, -0.1) is 5.10 Å². The van der Waals surface area contributed by atoms with E-state index in [0.29, 0.717) is 38.5 Å². The van der Waals surface area contributed by atoms with Gasteiger partial charge in [0.15, 0.2) is 11.5 Å². The number of hydrazone groups is 1. The van der Waals surface area contributed by atoms with Crippen molar-refractivity contribution < 1.29 is 23.5 Å². The van der Waals surface area contributed by atoms with E-state index in [-0.39, 0.29) is 23.1 Å². The number of anilines is 1. The predicted molar refractivity (Wildman–Crippen MR) is 100 cm³/mol. The molecule has 0 aromatic carbocycles. The molecule has 0 saturated carbocycles. The Morgan fingerprint density at radius 3 is 2.84 bits per heavy atom. The van der Waals surface area contributed by atoms with E-state index < -0.39 is 16.7 Å². The van der Waals surface area contributed by atoms with Crippen LogP contribution in [0.1, 0.15) is 21.9 Å². The van der Waals surface area contributed by atoms with Gasteiger partial charge >= 0.3 is 5.88 Å². The summed E-state index contributed by atoms with van der Waals surface area (Å²) in [5, 5.41) is 29.6.